The lowest BCUT2D eigenvalue weighted by Crippen LogP contribution is -2.34. The third kappa shape index (κ3) is 7.06. The van der Waals surface area contributed by atoms with E-state index in [1.54, 1.807) is 0 Å². The molecular weight excluding hydrogens is 308 g/mol. The van der Waals surface area contributed by atoms with E-state index >= 15 is 0 Å². The van der Waals surface area contributed by atoms with Crippen molar-refractivity contribution in [2.75, 3.05) is 18.4 Å². The second-order valence-corrected chi connectivity index (χ2v) is 6.29. The Kier molecular flexibility index (Phi) is 5.66. The van der Waals surface area contributed by atoms with Crippen molar-refractivity contribution in [3.05, 3.63) is 28.2 Å². The molecule has 0 atom stereocenters. The van der Waals surface area contributed by atoms with E-state index in [0.717, 1.165) is 10.2 Å². The van der Waals surface area contributed by atoms with Crippen LogP contribution < -0.4 is 10.6 Å². The normalized spacial score (nSPS) is 11.0. The van der Waals surface area contributed by atoms with E-state index in [9.17, 15) is 4.79 Å². The zero-order valence-corrected chi connectivity index (χ0v) is 13.4. The van der Waals surface area contributed by atoms with Crippen molar-refractivity contribution in [1.82, 2.24) is 5.32 Å². The van der Waals surface area contributed by atoms with Crippen molar-refractivity contribution in [3.63, 3.8) is 0 Å². The van der Waals surface area contributed by atoms with Gasteiger partial charge in [-0.15, -0.1) is 0 Å². The summed E-state index contributed by atoms with van der Waals surface area (Å²) >= 11 is 3.45. The van der Waals surface area contributed by atoms with Crippen molar-refractivity contribution in [1.29, 1.82) is 0 Å². The fourth-order valence-electron chi connectivity index (χ4n) is 1.52. The number of carbonyl (C=O) groups excluding carboxylic acids is 1. The van der Waals surface area contributed by atoms with Crippen molar-refractivity contribution >= 4 is 27.7 Å². The molecule has 0 saturated heterocycles. The predicted molar refractivity (Wildman–Crippen MR) is 81.6 cm³/mol. The van der Waals surface area contributed by atoms with Crippen LogP contribution in [0.4, 0.5) is 10.5 Å². The van der Waals surface area contributed by atoms with Crippen LogP contribution in [-0.2, 0) is 4.74 Å². The molecule has 0 bridgehead atoms. The van der Waals surface area contributed by atoms with E-state index in [0.29, 0.717) is 13.1 Å². The number of benzene rings is 1. The molecule has 0 aliphatic heterocycles. The van der Waals surface area contributed by atoms with Gasteiger partial charge in [-0.25, -0.2) is 4.79 Å². The van der Waals surface area contributed by atoms with E-state index in [-0.39, 0.29) is 6.09 Å². The Labute approximate surface area is 123 Å². The van der Waals surface area contributed by atoms with Crippen LogP contribution in [0.15, 0.2) is 22.7 Å². The molecular formula is C14H21BrN2O2. The van der Waals surface area contributed by atoms with Gasteiger partial charge in [0.2, 0.25) is 0 Å². The largest absolute Gasteiger partial charge is 0.444 e. The zero-order chi connectivity index (χ0) is 14.5. The topological polar surface area (TPSA) is 50.4 Å². The van der Waals surface area contributed by atoms with Crippen LogP contribution in [0.3, 0.4) is 0 Å². The highest BCUT2D eigenvalue weighted by Crippen LogP contribution is 2.18. The molecule has 1 aromatic rings. The maximum atomic E-state index is 11.4. The number of anilines is 1. The summed E-state index contributed by atoms with van der Waals surface area (Å²) in [5.41, 5.74) is 1.74. The molecule has 0 spiro atoms. The molecule has 0 aliphatic carbocycles. The molecule has 0 fully saturated rings. The summed E-state index contributed by atoms with van der Waals surface area (Å²) in [4.78, 5) is 11.4. The van der Waals surface area contributed by atoms with E-state index in [1.807, 2.05) is 39.8 Å². The molecule has 0 aliphatic rings. The van der Waals surface area contributed by atoms with Crippen LogP contribution in [0.1, 0.15) is 26.3 Å². The van der Waals surface area contributed by atoms with Crippen LogP contribution in [0, 0.1) is 6.92 Å². The zero-order valence-electron chi connectivity index (χ0n) is 11.8. The third-order valence-corrected chi connectivity index (χ3v) is 2.62. The van der Waals surface area contributed by atoms with Crippen LogP contribution in [0.2, 0.25) is 0 Å². The first kappa shape index (κ1) is 15.8. The Bertz CT molecular complexity index is 421. The SMILES string of the molecule is Cc1cc(Br)cc(NCCNC(=O)OC(C)(C)C)c1. The van der Waals surface area contributed by atoms with E-state index in [4.69, 9.17) is 4.74 Å². The summed E-state index contributed by atoms with van der Waals surface area (Å²) < 4.78 is 6.18. The van der Waals surface area contributed by atoms with Gasteiger partial charge < -0.3 is 15.4 Å². The monoisotopic (exact) mass is 328 g/mol. The third-order valence-electron chi connectivity index (χ3n) is 2.16. The lowest BCUT2D eigenvalue weighted by Gasteiger charge is -2.19. The van der Waals surface area contributed by atoms with Gasteiger partial charge in [0.15, 0.2) is 0 Å². The highest BCUT2D eigenvalue weighted by molar-refractivity contribution is 9.10. The van der Waals surface area contributed by atoms with Gasteiger partial charge in [0.1, 0.15) is 5.60 Å². The average molecular weight is 329 g/mol. The van der Waals surface area contributed by atoms with Gasteiger partial charge in [-0.05, 0) is 51.5 Å². The van der Waals surface area contributed by atoms with Crippen LogP contribution in [0.5, 0.6) is 0 Å². The quantitative estimate of drug-likeness (QED) is 0.828. The van der Waals surface area contributed by atoms with Gasteiger partial charge in [0, 0.05) is 23.2 Å². The van der Waals surface area contributed by atoms with Crippen molar-refractivity contribution in [2.24, 2.45) is 0 Å². The summed E-state index contributed by atoms with van der Waals surface area (Å²) in [6.07, 6.45) is -0.389. The summed E-state index contributed by atoms with van der Waals surface area (Å²) in [7, 11) is 0. The van der Waals surface area contributed by atoms with Crippen LogP contribution in [-0.4, -0.2) is 24.8 Å². The molecule has 2 N–H and O–H groups in total. The number of hydrogen-bond acceptors (Lipinski definition) is 3. The van der Waals surface area contributed by atoms with Gasteiger partial charge in [0.25, 0.3) is 0 Å². The van der Waals surface area contributed by atoms with E-state index in [2.05, 4.69) is 32.6 Å². The number of rotatable bonds is 4. The molecule has 19 heavy (non-hydrogen) atoms. The van der Waals surface area contributed by atoms with Gasteiger partial charge >= 0.3 is 6.09 Å². The number of alkyl carbamates (subject to hydrolysis) is 1. The molecule has 5 heteroatoms. The number of nitrogens with one attached hydrogen (secondary N) is 2. The summed E-state index contributed by atoms with van der Waals surface area (Å²) in [5, 5.41) is 5.95. The van der Waals surface area contributed by atoms with Crippen molar-refractivity contribution < 1.29 is 9.53 Å². The number of hydrogen-bond donors (Lipinski definition) is 2. The molecule has 0 heterocycles. The first-order valence-electron chi connectivity index (χ1n) is 6.24. The lowest BCUT2D eigenvalue weighted by atomic mass is 10.2. The highest BCUT2D eigenvalue weighted by Gasteiger charge is 2.15. The van der Waals surface area contributed by atoms with Gasteiger partial charge in [-0.1, -0.05) is 15.9 Å². The standard InChI is InChI=1S/C14H21BrN2O2/c1-10-7-11(15)9-12(8-10)16-5-6-17-13(18)19-14(2,3)4/h7-9,16H,5-6H2,1-4H3,(H,17,18). The minimum absolute atomic E-state index is 0.389. The molecule has 0 aromatic heterocycles. The highest BCUT2D eigenvalue weighted by atomic mass is 79.9. The maximum Gasteiger partial charge on any atom is 0.407 e. The first-order valence-corrected chi connectivity index (χ1v) is 7.03. The Morgan fingerprint density at radius 2 is 1.95 bits per heavy atom. The number of aryl methyl sites for hydroxylation is 1. The fourth-order valence-corrected chi connectivity index (χ4v) is 2.13. The molecule has 106 valence electrons. The van der Waals surface area contributed by atoms with Gasteiger partial charge in [-0.3, -0.25) is 0 Å². The molecule has 4 nitrogen and oxygen atoms in total. The molecule has 1 rings (SSSR count). The van der Waals surface area contributed by atoms with Crippen LogP contribution in [0.25, 0.3) is 0 Å². The molecule has 1 aromatic carbocycles. The smallest absolute Gasteiger partial charge is 0.407 e. The summed E-state index contributed by atoms with van der Waals surface area (Å²) in [6.45, 7) is 8.73. The van der Waals surface area contributed by atoms with E-state index in [1.165, 1.54) is 5.56 Å². The van der Waals surface area contributed by atoms with Crippen molar-refractivity contribution in [3.8, 4) is 0 Å². The number of ether oxygens (including phenoxy) is 1. The Hall–Kier alpha value is -1.23. The minimum Gasteiger partial charge on any atom is -0.444 e. The maximum absolute atomic E-state index is 11.4. The van der Waals surface area contributed by atoms with E-state index < -0.39 is 5.60 Å². The predicted octanol–water partition coefficient (Wildman–Crippen LogP) is 3.69. The first-order chi connectivity index (χ1) is 8.76. The minimum atomic E-state index is -0.459. The fraction of sp³-hybridized carbons (Fsp3) is 0.500. The van der Waals surface area contributed by atoms with Crippen molar-refractivity contribution in [2.45, 2.75) is 33.3 Å². The average Bonchev–Trinajstić information content (AvgIpc) is 2.20. The summed E-state index contributed by atoms with van der Waals surface area (Å²) in [6, 6.07) is 6.10. The second kappa shape index (κ2) is 6.80. The Morgan fingerprint density at radius 1 is 1.26 bits per heavy atom. The van der Waals surface area contributed by atoms with Gasteiger partial charge in [-0.2, -0.15) is 0 Å². The summed E-state index contributed by atoms with van der Waals surface area (Å²) in [5.74, 6) is 0. The lowest BCUT2D eigenvalue weighted by molar-refractivity contribution is 0.0530. The molecule has 1 amide bonds. The number of halogens is 1. The Morgan fingerprint density at radius 3 is 2.53 bits per heavy atom. The number of amides is 1. The molecule has 0 radical (unpaired) electrons. The van der Waals surface area contributed by atoms with Gasteiger partial charge in [0.05, 0.1) is 0 Å². The Balaban J connectivity index is 2.29. The van der Waals surface area contributed by atoms with Crippen LogP contribution >= 0.6 is 15.9 Å². The molecule has 0 saturated carbocycles. The molecule has 0 unspecified atom stereocenters. The second-order valence-electron chi connectivity index (χ2n) is 5.37. The number of carbonyl (C=O) groups is 1.